The molecular formula is C15H24N2O3S. The summed E-state index contributed by atoms with van der Waals surface area (Å²) in [5, 5.41) is 0. The molecule has 1 fully saturated rings. The summed E-state index contributed by atoms with van der Waals surface area (Å²) in [6.45, 7) is 4.22. The Morgan fingerprint density at radius 2 is 1.95 bits per heavy atom. The quantitative estimate of drug-likeness (QED) is 0.840. The summed E-state index contributed by atoms with van der Waals surface area (Å²) in [6, 6.07) is 6.44. The first-order valence-corrected chi connectivity index (χ1v) is 8.90. The standard InChI is InChI=1S/C15H24N2O3S/c1-11(2)17-21(18,19)14-8-6-13(7-9-14)20-15-5-3-4-12(15)10-16/h6-9,11-12,15,17H,3-5,10,16H2,1-2H3. The average Bonchev–Trinajstić information content (AvgIpc) is 2.85. The van der Waals surface area contributed by atoms with Gasteiger partial charge in [-0.15, -0.1) is 0 Å². The Kier molecular flexibility index (Phi) is 5.24. The lowest BCUT2D eigenvalue weighted by Gasteiger charge is -2.20. The van der Waals surface area contributed by atoms with Crippen LogP contribution in [0.15, 0.2) is 29.2 Å². The predicted molar refractivity (Wildman–Crippen MR) is 82.7 cm³/mol. The van der Waals surface area contributed by atoms with Crippen molar-refractivity contribution in [3.8, 4) is 5.75 Å². The SMILES string of the molecule is CC(C)NS(=O)(=O)c1ccc(OC2CCCC2CN)cc1. The lowest BCUT2D eigenvalue weighted by atomic mass is 10.1. The number of nitrogens with one attached hydrogen (secondary N) is 1. The topological polar surface area (TPSA) is 81.4 Å². The molecule has 1 aliphatic rings. The van der Waals surface area contributed by atoms with Crippen molar-refractivity contribution < 1.29 is 13.2 Å². The maximum Gasteiger partial charge on any atom is 0.240 e. The van der Waals surface area contributed by atoms with E-state index in [0.717, 1.165) is 19.3 Å². The van der Waals surface area contributed by atoms with Gasteiger partial charge in [-0.1, -0.05) is 0 Å². The van der Waals surface area contributed by atoms with E-state index in [4.69, 9.17) is 10.5 Å². The van der Waals surface area contributed by atoms with Crippen LogP contribution in [0, 0.1) is 5.92 Å². The minimum atomic E-state index is -3.44. The fourth-order valence-corrected chi connectivity index (χ4v) is 3.93. The van der Waals surface area contributed by atoms with Gasteiger partial charge in [0, 0.05) is 12.0 Å². The molecule has 1 saturated carbocycles. The minimum Gasteiger partial charge on any atom is -0.490 e. The van der Waals surface area contributed by atoms with Crippen LogP contribution in [0.1, 0.15) is 33.1 Å². The van der Waals surface area contributed by atoms with Crippen molar-refractivity contribution in [2.24, 2.45) is 11.7 Å². The zero-order chi connectivity index (χ0) is 15.5. The molecule has 0 saturated heterocycles. The van der Waals surface area contributed by atoms with E-state index in [9.17, 15) is 8.42 Å². The normalized spacial score (nSPS) is 22.7. The molecule has 0 radical (unpaired) electrons. The molecule has 0 aliphatic heterocycles. The lowest BCUT2D eigenvalue weighted by molar-refractivity contribution is 0.162. The van der Waals surface area contributed by atoms with Gasteiger partial charge >= 0.3 is 0 Å². The Labute approximate surface area is 126 Å². The van der Waals surface area contributed by atoms with Gasteiger partial charge in [-0.2, -0.15) is 0 Å². The van der Waals surface area contributed by atoms with Crippen LogP contribution in [0.4, 0.5) is 0 Å². The Balaban J connectivity index is 2.05. The van der Waals surface area contributed by atoms with Gasteiger partial charge < -0.3 is 10.5 Å². The van der Waals surface area contributed by atoms with E-state index in [1.807, 2.05) is 0 Å². The summed E-state index contributed by atoms with van der Waals surface area (Å²) < 4.78 is 32.5. The van der Waals surface area contributed by atoms with Gasteiger partial charge in [0.15, 0.2) is 0 Å². The number of hydrogen-bond acceptors (Lipinski definition) is 4. The summed E-state index contributed by atoms with van der Waals surface area (Å²) in [7, 11) is -3.44. The smallest absolute Gasteiger partial charge is 0.240 e. The molecule has 3 N–H and O–H groups in total. The molecule has 0 aromatic heterocycles. The molecule has 1 aliphatic carbocycles. The van der Waals surface area contributed by atoms with Crippen molar-refractivity contribution >= 4 is 10.0 Å². The second-order valence-corrected chi connectivity index (χ2v) is 7.54. The molecule has 0 spiro atoms. The second kappa shape index (κ2) is 6.77. The van der Waals surface area contributed by atoms with Gasteiger partial charge in [0.1, 0.15) is 11.9 Å². The van der Waals surface area contributed by atoms with Gasteiger partial charge in [0.2, 0.25) is 10.0 Å². The Bertz CT molecular complexity index is 555. The van der Waals surface area contributed by atoms with Gasteiger partial charge in [-0.05, 0) is 63.9 Å². The number of benzene rings is 1. The minimum absolute atomic E-state index is 0.130. The van der Waals surface area contributed by atoms with Crippen molar-refractivity contribution in [2.45, 2.75) is 50.2 Å². The highest BCUT2D eigenvalue weighted by atomic mass is 32.2. The average molecular weight is 312 g/mol. The van der Waals surface area contributed by atoms with Gasteiger partial charge in [0.05, 0.1) is 4.90 Å². The number of sulfonamides is 1. The summed E-state index contributed by atoms with van der Waals surface area (Å²) >= 11 is 0. The molecule has 21 heavy (non-hydrogen) atoms. The Hall–Kier alpha value is -1.11. The van der Waals surface area contributed by atoms with Crippen molar-refractivity contribution in [1.82, 2.24) is 4.72 Å². The maximum absolute atomic E-state index is 12.0. The maximum atomic E-state index is 12.0. The van der Waals surface area contributed by atoms with Gasteiger partial charge in [0.25, 0.3) is 0 Å². The van der Waals surface area contributed by atoms with E-state index in [1.54, 1.807) is 38.1 Å². The molecule has 2 atom stereocenters. The third kappa shape index (κ3) is 4.18. The Morgan fingerprint density at radius 1 is 1.29 bits per heavy atom. The van der Waals surface area contributed by atoms with Crippen LogP contribution >= 0.6 is 0 Å². The van der Waals surface area contributed by atoms with E-state index in [-0.39, 0.29) is 17.0 Å². The van der Waals surface area contributed by atoms with Crippen molar-refractivity contribution in [3.63, 3.8) is 0 Å². The van der Waals surface area contributed by atoms with Crippen LogP contribution in [-0.2, 0) is 10.0 Å². The molecule has 2 rings (SSSR count). The molecule has 2 unspecified atom stereocenters. The highest BCUT2D eigenvalue weighted by molar-refractivity contribution is 7.89. The monoisotopic (exact) mass is 312 g/mol. The highest BCUT2D eigenvalue weighted by Gasteiger charge is 2.27. The number of ether oxygens (including phenoxy) is 1. The van der Waals surface area contributed by atoms with Crippen molar-refractivity contribution in [2.75, 3.05) is 6.54 Å². The molecule has 0 bridgehead atoms. The molecular weight excluding hydrogens is 288 g/mol. The zero-order valence-corrected chi connectivity index (χ0v) is 13.4. The van der Waals surface area contributed by atoms with Crippen LogP contribution < -0.4 is 15.2 Å². The highest BCUT2D eigenvalue weighted by Crippen LogP contribution is 2.29. The fraction of sp³-hybridized carbons (Fsp3) is 0.600. The summed E-state index contributed by atoms with van der Waals surface area (Å²) in [6.07, 6.45) is 3.39. The summed E-state index contributed by atoms with van der Waals surface area (Å²) in [5.74, 6) is 1.10. The molecule has 5 nitrogen and oxygen atoms in total. The van der Waals surface area contributed by atoms with Crippen molar-refractivity contribution in [1.29, 1.82) is 0 Å². The molecule has 0 heterocycles. The summed E-state index contributed by atoms with van der Waals surface area (Å²) in [5.41, 5.74) is 5.74. The fourth-order valence-electron chi connectivity index (χ4n) is 2.68. The first-order valence-electron chi connectivity index (χ1n) is 7.41. The van der Waals surface area contributed by atoms with E-state index in [1.165, 1.54) is 0 Å². The van der Waals surface area contributed by atoms with E-state index in [0.29, 0.717) is 18.2 Å². The van der Waals surface area contributed by atoms with Gasteiger partial charge in [-0.25, -0.2) is 13.1 Å². The predicted octanol–water partition coefficient (Wildman–Crippen LogP) is 1.88. The van der Waals surface area contributed by atoms with Crippen LogP contribution in [-0.4, -0.2) is 27.1 Å². The number of hydrogen-bond donors (Lipinski definition) is 2. The number of nitrogens with two attached hydrogens (primary N) is 1. The first kappa shape index (κ1) is 16.3. The third-order valence-electron chi connectivity index (χ3n) is 3.70. The van der Waals surface area contributed by atoms with Crippen LogP contribution in [0.25, 0.3) is 0 Å². The third-order valence-corrected chi connectivity index (χ3v) is 5.38. The van der Waals surface area contributed by atoms with E-state index >= 15 is 0 Å². The lowest BCUT2D eigenvalue weighted by Crippen LogP contribution is -2.30. The number of rotatable bonds is 6. The van der Waals surface area contributed by atoms with Crippen molar-refractivity contribution in [3.05, 3.63) is 24.3 Å². The second-order valence-electron chi connectivity index (χ2n) is 5.83. The molecule has 0 amide bonds. The molecule has 1 aromatic rings. The Morgan fingerprint density at radius 3 is 2.52 bits per heavy atom. The molecule has 1 aromatic carbocycles. The van der Waals surface area contributed by atoms with Crippen LogP contribution in [0.3, 0.4) is 0 Å². The first-order chi connectivity index (χ1) is 9.92. The largest absolute Gasteiger partial charge is 0.490 e. The molecule has 6 heteroatoms. The van der Waals surface area contributed by atoms with E-state index < -0.39 is 10.0 Å². The van der Waals surface area contributed by atoms with Crippen LogP contribution in [0.5, 0.6) is 5.75 Å². The van der Waals surface area contributed by atoms with E-state index in [2.05, 4.69) is 4.72 Å². The molecule has 118 valence electrons. The summed E-state index contributed by atoms with van der Waals surface area (Å²) in [4.78, 5) is 0.255. The van der Waals surface area contributed by atoms with Crippen LogP contribution in [0.2, 0.25) is 0 Å². The van der Waals surface area contributed by atoms with Gasteiger partial charge in [-0.3, -0.25) is 0 Å². The zero-order valence-electron chi connectivity index (χ0n) is 12.6.